The summed E-state index contributed by atoms with van der Waals surface area (Å²) >= 11 is 0. The summed E-state index contributed by atoms with van der Waals surface area (Å²) in [6, 6.07) is 7.95. The molecule has 0 bridgehead atoms. The molecule has 0 radical (unpaired) electrons. The van der Waals surface area contributed by atoms with Crippen molar-refractivity contribution < 1.29 is 4.74 Å². The van der Waals surface area contributed by atoms with E-state index in [2.05, 4.69) is 34.2 Å². The number of anilines is 2. The number of hydrogen-bond acceptors (Lipinski definition) is 7. The topological polar surface area (TPSA) is 116 Å². The number of benzene rings is 1. The van der Waals surface area contributed by atoms with Crippen LogP contribution in [-0.2, 0) is 11.3 Å². The predicted molar refractivity (Wildman–Crippen MR) is 111 cm³/mol. The SMILES string of the molecule is CC(C)c1cnn2cnc(NC3CCOCC3)nc12.NCc1ccc(N)cc1. The Morgan fingerprint density at radius 2 is 1.93 bits per heavy atom. The van der Waals surface area contributed by atoms with Gasteiger partial charge in [0.25, 0.3) is 0 Å². The summed E-state index contributed by atoms with van der Waals surface area (Å²) in [5.74, 6) is 1.09. The maximum atomic E-state index is 5.44. The largest absolute Gasteiger partial charge is 0.399 e. The smallest absolute Gasteiger partial charge is 0.226 e. The van der Waals surface area contributed by atoms with Crippen LogP contribution in [0.5, 0.6) is 0 Å². The third-order valence-electron chi connectivity index (χ3n) is 4.69. The molecule has 0 unspecified atom stereocenters. The van der Waals surface area contributed by atoms with E-state index < -0.39 is 0 Å². The van der Waals surface area contributed by atoms with Crippen LogP contribution < -0.4 is 16.8 Å². The average molecular weight is 384 g/mol. The maximum Gasteiger partial charge on any atom is 0.226 e. The fourth-order valence-corrected chi connectivity index (χ4v) is 2.96. The fraction of sp³-hybridized carbons (Fsp3) is 0.450. The van der Waals surface area contributed by atoms with E-state index in [1.165, 1.54) is 0 Å². The number of hydrogen-bond donors (Lipinski definition) is 3. The van der Waals surface area contributed by atoms with E-state index in [1.54, 1.807) is 10.8 Å². The molecule has 0 aliphatic carbocycles. The van der Waals surface area contributed by atoms with Gasteiger partial charge in [0.1, 0.15) is 6.33 Å². The van der Waals surface area contributed by atoms with E-state index in [1.807, 2.05) is 30.5 Å². The Labute approximate surface area is 165 Å². The summed E-state index contributed by atoms with van der Waals surface area (Å²) in [7, 11) is 0. The van der Waals surface area contributed by atoms with Gasteiger partial charge in [0, 0.05) is 37.1 Å². The van der Waals surface area contributed by atoms with Crippen LogP contribution in [0.3, 0.4) is 0 Å². The lowest BCUT2D eigenvalue weighted by Gasteiger charge is -2.22. The molecule has 0 saturated carbocycles. The van der Waals surface area contributed by atoms with E-state index >= 15 is 0 Å². The second-order valence-corrected chi connectivity index (χ2v) is 7.18. The van der Waals surface area contributed by atoms with Crippen LogP contribution in [0.1, 0.15) is 43.7 Å². The van der Waals surface area contributed by atoms with E-state index in [4.69, 9.17) is 16.2 Å². The molecule has 3 heterocycles. The zero-order valence-corrected chi connectivity index (χ0v) is 16.5. The van der Waals surface area contributed by atoms with E-state index in [-0.39, 0.29) is 0 Å². The van der Waals surface area contributed by atoms with Crippen molar-refractivity contribution in [3.8, 4) is 0 Å². The molecule has 150 valence electrons. The van der Waals surface area contributed by atoms with Crippen molar-refractivity contribution in [1.82, 2.24) is 19.6 Å². The van der Waals surface area contributed by atoms with Crippen LogP contribution in [0.2, 0.25) is 0 Å². The van der Waals surface area contributed by atoms with Crippen LogP contribution in [0, 0.1) is 0 Å². The summed E-state index contributed by atoms with van der Waals surface area (Å²) < 4.78 is 7.08. The first-order valence-corrected chi connectivity index (χ1v) is 9.66. The standard InChI is InChI=1S/C13H19N5O.C7H10N2/c1-9(2)11-7-15-18-8-14-13(17-12(11)18)16-10-3-5-19-6-4-10;8-5-6-1-3-7(9)4-2-6/h7-10H,3-6H2,1-2H3,(H,16,17);1-4H,5,8-9H2. The molecular weight excluding hydrogens is 354 g/mol. The average Bonchev–Trinajstić information content (AvgIpc) is 3.13. The number of nitrogen functional groups attached to an aromatic ring is 1. The zero-order valence-electron chi connectivity index (χ0n) is 16.5. The Bertz CT molecular complexity index is 870. The van der Waals surface area contributed by atoms with Gasteiger partial charge >= 0.3 is 0 Å². The van der Waals surface area contributed by atoms with E-state index in [0.717, 1.165) is 48.5 Å². The molecule has 0 atom stereocenters. The number of fused-ring (bicyclic) bond motifs is 1. The van der Waals surface area contributed by atoms with E-state index in [9.17, 15) is 0 Å². The van der Waals surface area contributed by atoms with Crippen LogP contribution in [0.4, 0.5) is 11.6 Å². The van der Waals surface area contributed by atoms with Crippen molar-refractivity contribution in [1.29, 1.82) is 0 Å². The Morgan fingerprint density at radius 3 is 2.57 bits per heavy atom. The maximum absolute atomic E-state index is 5.44. The van der Waals surface area contributed by atoms with Gasteiger partial charge in [0.15, 0.2) is 5.65 Å². The fourth-order valence-electron chi connectivity index (χ4n) is 2.96. The van der Waals surface area contributed by atoms with Crippen molar-refractivity contribution in [3.05, 3.63) is 47.9 Å². The highest BCUT2D eigenvalue weighted by Crippen LogP contribution is 2.19. The highest BCUT2D eigenvalue weighted by Gasteiger charge is 2.16. The minimum atomic E-state index is 0.404. The van der Waals surface area contributed by atoms with Crippen molar-refractivity contribution >= 4 is 17.3 Å². The lowest BCUT2D eigenvalue weighted by atomic mass is 10.1. The number of aromatic nitrogens is 4. The number of rotatable bonds is 4. The lowest BCUT2D eigenvalue weighted by Crippen LogP contribution is -2.28. The molecule has 8 heteroatoms. The van der Waals surface area contributed by atoms with Crippen LogP contribution in [0.25, 0.3) is 5.65 Å². The molecule has 1 fully saturated rings. The predicted octanol–water partition coefficient (Wildman–Crippen LogP) is 2.57. The van der Waals surface area contributed by atoms with Gasteiger partial charge in [-0.3, -0.25) is 0 Å². The Kier molecular flexibility index (Phi) is 6.78. The number of nitrogens with two attached hydrogens (primary N) is 2. The summed E-state index contributed by atoms with van der Waals surface area (Å²) in [6.45, 7) is 6.49. The summed E-state index contributed by atoms with van der Waals surface area (Å²) in [5, 5.41) is 7.66. The summed E-state index contributed by atoms with van der Waals surface area (Å²) in [5.41, 5.74) is 14.7. The molecule has 0 amide bonds. The molecular formula is C20H29N7O. The van der Waals surface area contributed by atoms with Gasteiger partial charge in [-0.25, -0.2) is 9.50 Å². The first-order chi connectivity index (χ1) is 13.6. The molecule has 3 aromatic rings. The monoisotopic (exact) mass is 383 g/mol. The zero-order chi connectivity index (χ0) is 19.9. The Hall–Kier alpha value is -2.71. The van der Waals surface area contributed by atoms with Gasteiger partial charge in [-0.15, -0.1) is 0 Å². The molecule has 2 aromatic heterocycles. The molecule has 28 heavy (non-hydrogen) atoms. The normalized spacial score (nSPS) is 14.7. The molecule has 0 spiro atoms. The van der Waals surface area contributed by atoms with Crippen LogP contribution >= 0.6 is 0 Å². The van der Waals surface area contributed by atoms with Crippen LogP contribution in [-0.4, -0.2) is 38.8 Å². The first kappa shape index (κ1) is 20.0. The molecule has 1 aromatic carbocycles. The molecule has 8 nitrogen and oxygen atoms in total. The Morgan fingerprint density at radius 1 is 1.21 bits per heavy atom. The second kappa shape index (κ2) is 9.48. The van der Waals surface area contributed by atoms with E-state index in [0.29, 0.717) is 24.5 Å². The summed E-state index contributed by atoms with van der Waals surface area (Å²) in [6.07, 6.45) is 5.60. The highest BCUT2D eigenvalue weighted by molar-refractivity contribution is 5.50. The highest BCUT2D eigenvalue weighted by atomic mass is 16.5. The summed E-state index contributed by atoms with van der Waals surface area (Å²) in [4.78, 5) is 8.90. The lowest BCUT2D eigenvalue weighted by molar-refractivity contribution is 0.0903. The molecule has 1 aliphatic rings. The van der Waals surface area contributed by atoms with Gasteiger partial charge < -0.3 is 21.5 Å². The third-order valence-corrected chi connectivity index (χ3v) is 4.69. The molecule has 1 aliphatic heterocycles. The Balaban J connectivity index is 0.000000211. The molecule has 1 saturated heterocycles. The third kappa shape index (κ3) is 5.17. The van der Waals surface area contributed by atoms with Crippen molar-refractivity contribution in [3.63, 3.8) is 0 Å². The van der Waals surface area contributed by atoms with Gasteiger partial charge in [-0.05, 0) is 36.5 Å². The number of ether oxygens (including phenoxy) is 1. The van der Waals surface area contributed by atoms with Gasteiger partial charge in [-0.2, -0.15) is 10.1 Å². The molecule has 4 rings (SSSR count). The van der Waals surface area contributed by atoms with Crippen molar-refractivity contribution in [2.24, 2.45) is 5.73 Å². The first-order valence-electron chi connectivity index (χ1n) is 9.66. The van der Waals surface area contributed by atoms with Gasteiger partial charge in [-0.1, -0.05) is 26.0 Å². The van der Waals surface area contributed by atoms with Crippen molar-refractivity contribution in [2.45, 2.75) is 45.2 Å². The minimum Gasteiger partial charge on any atom is -0.399 e. The molecule has 5 N–H and O–H groups in total. The van der Waals surface area contributed by atoms with Crippen molar-refractivity contribution in [2.75, 3.05) is 24.3 Å². The van der Waals surface area contributed by atoms with Crippen LogP contribution in [0.15, 0.2) is 36.8 Å². The van der Waals surface area contributed by atoms with Gasteiger partial charge in [0.2, 0.25) is 5.95 Å². The van der Waals surface area contributed by atoms with Gasteiger partial charge in [0.05, 0.1) is 6.20 Å². The second-order valence-electron chi connectivity index (χ2n) is 7.18. The minimum absolute atomic E-state index is 0.404. The number of nitrogens with zero attached hydrogens (tertiary/aromatic N) is 4. The number of nitrogens with one attached hydrogen (secondary N) is 1. The quantitative estimate of drug-likeness (QED) is 0.593.